The van der Waals surface area contributed by atoms with Crippen molar-refractivity contribution >= 4 is 11.9 Å². The molecule has 0 aromatic heterocycles. The van der Waals surface area contributed by atoms with Gasteiger partial charge in [-0.2, -0.15) is 0 Å². The molecule has 1 aromatic carbocycles. The highest BCUT2D eigenvalue weighted by Gasteiger charge is 2.20. The first-order valence-corrected chi connectivity index (χ1v) is 5.36. The molecule has 1 aromatic rings. The van der Waals surface area contributed by atoms with Gasteiger partial charge in [-0.05, 0) is 26.0 Å². The molecule has 98 valence electrons. The van der Waals surface area contributed by atoms with Crippen LogP contribution in [0, 0.1) is 5.82 Å². The number of para-hydroxylation sites is 1. The molecule has 2 unspecified atom stereocenters. The number of amides is 1. The molecule has 2 atom stereocenters. The summed E-state index contributed by atoms with van der Waals surface area (Å²) in [6.07, 6.45) is -0.983. The number of carboxylic acids is 1. The minimum atomic E-state index is -1.15. The van der Waals surface area contributed by atoms with Gasteiger partial charge in [0, 0.05) is 0 Å². The average Bonchev–Trinajstić information content (AvgIpc) is 2.31. The summed E-state index contributed by atoms with van der Waals surface area (Å²) in [5.41, 5.74) is 0. The number of carbonyl (C=O) groups is 2. The summed E-state index contributed by atoms with van der Waals surface area (Å²) >= 11 is 0. The van der Waals surface area contributed by atoms with E-state index in [1.165, 1.54) is 32.0 Å². The fraction of sp³-hybridized carbons (Fsp3) is 0.333. The van der Waals surface area contributed by atoms with Crippen molar-refractivity contribution in [3.63, 3.8) is 0 Å². The van der Waals surface area contributed by atoms with Crippen LogP contribution in [0.4, 0.5) is 4.39 Å². The van der Waals surface area contributed by atoms with Crippen LogP contribution in [-0.2, 0) is 9.59 Å². The zero-order valence-corrected chi connectivity index (χ0v) is 10.0. The Morgan fingerprint density at radius 3 is 2.50 bits per heavy atom. The molecular formula is C12H14FNO4. The Bertz CT molecular complexity index is 449. The van der Waals surface area contributed by atoms with Gasteiger partial charge in [-0.1, -0.05) is 12.1 Å². The van der Waals surface area contributed by atoms with Crippen LogP contribution in [0.25, 0.3) is 0 Å². The van der Waals surface area contributed by atoms with Gasteiger partial charge >= 0.3 is 5.97 Å². The summed E-state index contributed by atoms with van der Waals surface area (Å²) in [6, 6.07) is 4.64. The van der Waals surface area contributed by atoms with Gasteiger partial charge in [-0.15, -0.1) is 0 Å². The predicted octanol–water partition coefficient (Wildman–Crippen LogP) is 1.18. The van der Waals surface area contributed by atoms with Gasteiger partial charge in [0.05, 0.1) is 0 Å². The Hall–Kier alpha value is -2.11. The Morgan fingerprint density at radius 1 is 1.33 bits per heavy atom. The van der Waals surface area contributed by atoms with Crippen LogP contribution in [0.5, 0.6) is 5.75 Å². The first-order chi connectivity index (χ1) is 8.41. The first-order valence-electron chi connectivity index (χ1n) is 5.36. The summed E-state index contributed by atoms with van der Waals surface area (Å²) in [5, 5.41) is 10.9. The second kappa shape index (κ2) is 6.00. The second-order valence-corrected chi connectivity index (χ2v) is 3.76. The third kappa shape index (κ3) is 3.73. The quantitative estimate of drug-likeness (QED) is 0.828. The van der Waals surface area contributed by atoms with E-state index in [4.69, 9.17) is 9.84 Å². The number of aliphatic carboxylic acids is 1. The molecule has 0 saturated carbocycles. The first kappa shape index (κ1) is 14.0. The van der Waals surface area contributed by atoms with Crippen LogP contribution in [0.3, 0.4) is 0 Å². The van der Waals surface area contributed by atoms with E-state index in [2.05, 4.69) is 5.32 Å². The number of benzene rings is 1. The number of carboxylic acid groups (broad SMARTS) is 1. The van der Waals surface area contributed by atoms with Gasteiger partial charge in [-0.25, -0.2) is 4.39 Å². The molecule has 0 aliphatic carbocycles. The summed E-state index contributed by atoms with van der Waals surface area (Å²) in [4.78, 5) is 22.1. The topological polar surface area (TPSA) is 75.6 Å². The van der Waals surface area contributed by atoms with Crippen LogP contribution >= 0.6 is 0 Å². The Morgan fingerprint density at radius 2 is 1.94 bits per heavy atom. The number of hydrogen-bond donors (Lipinski definition) is 2. The number of nitrogens with one attached hydrogen (secondary N) is 1. The van der Waals surface area contributed by atoms with Crippen molar-refractivity contribution in [1.82, 2.24) is 5.32 Å². The molecular weight excluding hydrogens is 241 g/mol. The maximum Gasteiger partial charge on any atom is 0.325 e. The largest absolute Gasteiger partial charge is 0.480 e. The molecule has 0 fully saturated rings. The van der Waals surface area contributed by atoms with Crippen molar-refractivity contribution in [2.45, 2.75) is 26.0 Å². The molecule has 0 aliphatic rings. The molecule has 2 N–H and O–H groups in total. The summed E-state index contributed by atoms with van der Waals surface area (Å²) in [5.74, 6) is -2.40. The van der Waals surface area contributed by atoms with Crippen molar-refractivity contribution < 1.29 is 23.8 Å². The lowest BCUT2D eigenvalue weighted by Crippen LogP contribution is -2.44. The molecule has 18 heavy (non-hydrogen) atoms. The zero-order valence-electron chi connectivity index (χ0n) is 10.0. The number of ether oxygens (including phenoxy) is 1. The lowest BCUT2D eigenvalue weighted by atomic mass is 10.3. The minimum absolute atomic E-state index is 0.0527. The van der Waals surface area contributed by atoms with Crippen molar-refractivity contribution in [2.24, 2.45) is 0 Å². The molecule has 1 amide bonds. The van der Waals surface area contributed by atoms with Gasteiger partial charge in [0.15, 0.2) is 17.7 Å². The molecule has 5 nitrogen and oxygen atoms in total. The van der Waals surface area contributed by atoms with E-state index >= 15 is 0 Å². The number of carbonyl (C=O) groups excluding carboxylic acids is 1. The van der Waals surface area contributed by atoms with Crippen molar-refractivity contribution in [3.05, 3.63) is 30.1 Å². The van der Waals surface area contributed by atoms with Gasteiger partial charge < -0.3 is 15.2 Å². The molecule has 0 aliphatic heterocycles. The SMILES string of the molecule is CC(NC(=O)C(C)Oc1ccccc1F)C(=O)O. The average molecular weight is 255 g/mol. The second-order valence-electron chi connectivity index (χ2n) is 3.76. The normalized spacial score (nSPS) is 13.5. The highest BCUT2D eigenvalue weighted by atomic mass is 19.1. The summed E-state index contributed by atoms with van der Waals surface area (Å²) in [6.45, 7) is 2.74. The van der Waals surface area contributed by atoms with E-state index in [-0.39, 0.29) is 5.75 Å². The molecule has 1 rings (SSSR count). The molecule has 0 heterocycles. The van der Waals surface area contributed by atoms with E-state index in [1.807, 2.05) is 0 Å². The van der Waals surface area contributed by atoms with Gasteiger partial charge in [0.1, 0.15) is 6.04 Å². The van der Waals surface area contributed by atoms with Crippen LogP contribution in [0.2, 0.25) is 0 Å². The highest BCUT2D eigenvalue weighted by molar-refractivity contribution is 5.86. The molecule has 0 bridgehead atoms. The third-order valence-corrected chi connectivity index (χ3v) is 2.24. The fourth-order valence-electron chi connectivity index (χ4n) is 1.18. The third-order valence-electron chi connectivity index (χ3n) is 2.24. The Balaban J connectivity index is 2.60. The van der Waals surface area contributed by atoms with E-state index < -0.39 is 29.8 Å². The minimum Gasteiger partial charge on any atom is -0.480 e. The van der Waals surface area contributed by atoms with Crippen LogP contribution < -0.4 is 10.1 Å². The fourth-order valence-corrected chi connectivity index (χ4v) is 1.18. The number of hydrogen-bond acceptors (Lipinski definition) is 3. The van der Waals surface area contributed by atoms with E-state index in [9.17, 15) is 14.0 Å². The zero-order chi connectivity index (χ0) is 13.7. The monoisotopic (exact) mass is 255 g/mol. The highest BCUT2D eigenvalue weighted by Crippen LogP contribution is 2.16. The van der Waals surface area contributed by atoms with Crippen molar-refractivity contribution in [3.8, 4) is 5.75 Å². The molecule has 0 spiro atoms. The lowest BCUT2D eigenvalue weighted by Gasteiger charge is -2.16. The maximum atomic E-state index is 13.3. The van der Waals surface area contributed by atoms with E-state index in [0.29, 0.717) is 0 Å². The molecule has 6 heteroatoms. The molecule has 0 saturated heterocycles. The lowest BCUT2D eigenvalue weighted by molar-refractivity contribution is -0.142. The molecule has 0 radical (unpaired) electrons. The van der Waals surface area contributed by atoms with Crippen molar-refractivity contribution in [2.75, 3.05) is 0 Å². The van der Waals surface area contributed by atoms with Crippen LogP contribution in [0.15, 0.2) is 24.3 Å². The van der Waals surface area contributed by atoms with Crippen LogP contribution in [-0.4, -0.2) is 29.1 Å². The van der Waals surface area contributed by atoms with Gasteiger partial charge in [0.25, 0.3) is 5.91 Å². The smallest absolute Gasteiger partial charge is 0.325 e. The Labute approximate surface area is 104 Å². The van der Waals surface area contributed by atoms with Crippen LogP contribution in [0.1, 0.15) is 13.8 Å². The number of halogens is 1. The van der Waals surface area contributed by atoms with E-state index in [1.54, 1.807) is 6.07 Å². The number of rotatable bonds is 5. The summed E-state index contributed by atoms with van der Waals surface area (Å²) in [7, 11) is 0. The predicted molar refractivity (Wildman–Crippen MR) is 61.7 cm³/mol. The van der Waals surface area contributed by atoms with Gasteiger partial charge in [-0.3, -0.25) is 9.59 Å². The van der Waals surface area contributed by atoms with Gasteiger partial charge in [0.2, 0.25) is 0 Å². The standard InChI is InChI=1S/C12H14FNO4/c1-7(12(16)17)14-11(15)8(2)18-10-6-4-3-5-9(10)13/h3-8H,1-2H3,(H,14,15)(H,16,17). The maximum absolute atomic E-state index is 13.3. The summed E-state index contributed by atoms with van der Waals surface area (Å²) < 4.78 is 18.4. The van der Waals surface area contributed by atoms with E-state index in [0.717, 1.165) is 0 Å². The van der Waals surface area contributed by atoms with Crippen molar-refractivity contribution in [1.29, 1.82) is 0 Å². The Kier molecular flexibility index (Phi) is 4.65.